The lowest BCUT2D eigenvalue weighted by atomic mass is 10.1. The minimum Gasteiger partial charge on any atom is -0.371 e. The van der Waals surface area contributed by atoms with E-state index in [2.05, 4.69) is 19.2 Å². The molecule has 0 saturated carbocycles. The second-order valence-electron chi connectivity index (χ2n) is 3.99. The van der Waals surface area contributed by atoms with Crippen LogP contribution in [0.2, 0.25) is 0 Å². The normalized spacial score (nSPS) is 17.8. The average Bonchev–Trinajstić information content (AvgIpc) is 2.03. The standard InChI is InChI=1S/C10H18N2O/c1-7(2)9-5-10(13)12(6-11-9)8(3)4/h5,7-8,11H,6H2,1-4H3. The summed E-state index contributed by atoms with van der Waals surface area (Å²) in [6.07, 6.45) is 1.70. The number of rotatable bonds is 2. The van der Waals surface area contributed by atoms with Crippen LogP contribution in [0.1, 0.15) is 27.7 Å². The van der Waals surface area contributed by atoms with Gasteiger partial charge in [0.25, 0.3) is 0 Å². The Balaban J connectivity index is 2.72. The molecular formula is C10H18N2O. The van der Waals surface area contributed by atoms with E-state index in [0.29, 0.717) is 12.6 Å². The largest absolute Gasteiger partial charge is 0.371 e. The predicted octanol–water partition coefficient (Wildman–Crippen LogP) is 1.32. The zero-order valence-electron chi connectivity index (χ0n) is 8.79. The first-order valence-corrected chi connectivity index (χ1v) is 4.78. The van der Waals surface area contributed by atoms with Crippen molar-refractivity contribution in [1.82, 2.24) is 10.2 Å². The lowest BCUT2D eigenvalue weighted by Gasteiger charge is -2.32. The third kappa shape index (κ3) is 2.23. The van der Waals surface area contributed by atoms with Gasteiger partial charge in [-0.1, -0.05) is 13.8 Å². The molecule has 0 aromatic rings. The highest BCUT2D eigenvalue weighted by Gasteiger charge is 2.20. The van der Waals surface area contributed by atoms with E-state index in [1.807, 2.05) is 18.7 Å². The summed E-state index contributed by atoms with van der Waals surface area (Å²) < 4.78 is 0. The van der Waals surface area contributed by atoms with Gasteiger partial charge in [0.1, 0.15) is 0 Å². The Morgan fingerprint density at radius 1 is 1.38 bits per heavy atom. The molecule has 1 rings (SSSR count). The molecule has 0 bridgehead atoms. The monoisotopic (exact) mass is 182 g/mol. The molecule has 0 aromatic heterocycles. The van der Waals surface area contributed by atoms with Crippen LogP contribution in [-0.4, -0.2) is 23.5 Å². The SMILES string of the molecule is CC(C)C1=CC(=O)N(C(C)C)CN1. The molecule has 1 aliphatic rings. The first-order valence-electron chi connectivity index (χ1n) is 4.78. The third-order valence-corrected chi connectivity index (χ3v) is 2.26. The molecular weight excluding hydrogens is 164 g/mol. The van der Waals surface area contributed by atoms with Crippen LogP contribution in [0.3, 0.4) is 0 Å². The van der Waals surface area contributed by atoms with Gasteiger partial charge in [-0.2, -0.15) is 0 Å². The Kier molecular flexibility index (Phi) is 2.96. The Bertz CT molecular complexity index is 231. The minimum atomic E-state index is 0.123. The summed E-state index contributed by atoms with van der Waals surface area (Å²) in [7, 11) is 0. The van der Waals surface area contributed by atoms with Crippen molar-refractivity contribution in [3.63, 3.8) is 0 Å². The smallest absolute Gasteiger partial charge is 0.249 e. The fourth-order valence-electron chi connectivity index (χ4n) is 1.33. The van der Waals surface area contributed by atoms with E-state index >= 15 is 0 Å². The van der Waals surface area contributed by atoms with Gasteiger partial charge in [0.2, 0.25) is 5.91 Å². The first kappa shape index (κ1) is 10.1. The Hall–Kier alpha value is -0.990. The molecule has 3 heteroatoms. The zero-order chi connectivity index (χ0) is 10.0. The van der Waals surface area contributed by atoms with E-state index in [1.54, 1.807) is 6.08 Å². The van der Waals surface area contributed by atoms with Crippen LogP contribution in [0.5, 0.6) is 0 Å². The van der Waals surface area contributed by atoms with Crippen molar-refractivity contribution >= 4 is 5.91 Å². The molecule has 74 valence electrons. The maximum Gasteiger partial charge on any atom is 0.249 e. The summed E-state index contributed by atoms with van der Waals surface area (Å²) in [5, 5.41) is 3.25. The van der Waals surface area contributed by atoms with Crippen LogP contribution >= 0.6 is 0 Å². The Morgan fingerprint density at radius 2 is 2.00 bits per heavy atom. The number of amides is 1. The zero-order valence-corrected chi connectivity index (χ0v) is 8.79. The molecule has 1 N–H and O–H groups in total. The lowest BCUT2D eigenvalue weighted by molar-refractivity contribution is -0.128. The van der Waals surface area contributed by atoms with Gasteiger partial charge < -0.3 is 10.2 Å². The molecule has 1 aliphatic heterocycles. The van der Waals surface area contributed by atoms with Crippen molar-refractivity contribution in [2.24, 2.45) is 5.92 Å². The number of carbonyl (C=O) groups is 1. The molecule has 0 aliphatic carbocycles. The highest BCUT2D eigenvalue weighted by Crippen LogP contribution is 2.12. The number of nitrogens with zero attached hydrogens (tertiary/aromatic N) is 1. The van der Waals surface area contributed by atoms with Crippen molar-refractivity contribution in [2.75, 3.05) is 6.67 Å². The van der Waals surface area contributed by atoms with Gasteiger partial charge in [-0.25, -0.2) is 0 Å². The fraction of sp³-hybridized carbons (Fsp3) is 0.700. The molecule has 0 radical (unpaired) electrons. The molecule has 13 heavy (non-hydrogen) atoms. The average molecular weight is 182 g/mol. The van der Waals surface area contributed by atoms with E-state index in [-0.39, 0.29) is 11.9 Å². The number of hydrogen-bond donors (Lipinski definition) is 1. The van der Waals surface area contributed by atoms with Crippen molar-refractivity contribution in [2.45, 2.75) is 33.7 Å². The third-order valence-electron chi connectivity index (χ3n) is 2.26. The lowest BCUT2D eigenvalue weighted by Crippen LogP contribution is -2.46. The van der Waals surface area contributed by atoms with E-state index in [4.69, 9.17) is 0 Å². The summed E-state index contributed by atoms with van der Waals surface area (Å²) in [5.41, 5.74) is 1.04. The quantitative estimate of drug-likeness (QED) is 0.698. The van der Waals surface area contributed by atoms with Crippen molar-refractivity contribution < 1.29 is 4.79 Å². The van der Waals surface area contributed by atoms with E-state index < -0.39 is 0 Å². The number of hydrogen-bond acceptors (Lipinski definition) is 2. The maximum atomic E-state index is 11.6. The van der Waals surface area contributed by atoms with Gasteiger partial charge >= 0.3 is 0 Å². The summed E-state index contributed by atoms with van der Waals surface area (Å²) >= 11 is 0. The van der Waals surface area contributed by atoms with E-state index in [1.165, 1.54) is 0 Å². The van der Waals surface area contributed by atoms with Gasteiger partial charge in [-0.3, -0.25) is 4.79 Å². The molecule has 0 spiro atoms. The summed E-state index contributed by atoms with van der Waals surface area (Å²) in [6.45, 7) is 8.84. The first-order chi connectivity index (χ1) is 6.02. The molecule has 0 saturated heterocycles. The molecule has 0 aromatic carbocycles. The van der Waals surface area contributed by atoms with Gasteiger partial charge in [0, 0.05) is 17.8 Å². The Morgan fingerprint density at radius 3 is 2.38 bits per heavy atom. The van der Waals surface area contributed by atoms with Crippen molar-refractivity contribution in [3.05, 3.63) is 11.8 Å². The minimum absolute atomic E-state index is 0.123. The van der Waals surface area contributed by atoms with Crippen LogP contribution in [0.4, 0.5) is 0 Å². The van der Waals surface area contributed by atoms with Crippen LogP contribution in [-0.2, 0) is 4.79 Å². The van der Waals surface area contributed by atoms with Crippen molar-refractivity contribution in [1.29, 1.82) is 0 Å². The molecule has 1 heterocycles. The van der Waals surface area contributed by atoms with Gasteiger partial charge in [-0.05, 0) is 19.8 Å². The highest BCUT2D eigenvalue weighted by atomic mass is 16.2. The van der Waals surface area contributed by atoms with Crippen LogP contribution in [0.15, 0.2) is 11.8 Å². The van der Waals surface area contributed by atoms with Crippen LogP contribution in [0, 0.1) is 5.92 Å². The highest BCUT2D eigenvalue weighted by molar-refractivity contribution is 5.89. The van der Waals surface area contributed by atoms with E-state index in [0.717, 1.165) is 5.70 Å². The molecule has 0 atom stereocenters. The molecule has 1 amide bonds. The van der Waals surface area contributed by atoms with Gasteiger partial charge in [-0.15, -0.1) is 0 Å². The number of carbonyl (C=O) groups excluding carboxylic acids is 1. The van der Waals surface area contributed by atoms with Crippen LogP contribution in [0.25, 0.3) is 0 Å². The van der Waals surface area contributed by atoms with Crippen LogP contribution < -0.4 is 5.32 Å². The fourth-order valence-corrected chi connectivity index (χ4v) is 1.33. The number of nitrogens with one attached hydrogen (secondary N) is 1. The Labute approximate surface area is 79.8 Å². The topological polar surface area (TPSA) is 32.3 Å². The van der Waals surface area contributed by atoms with Gasteiger partial charge in [0.15, 0.2) is 0 Å². The number of allylic oxidation sites excluding steroid dienone is 1. The summed E-state index contributed by atoms with van der Waals surface area (Å²) in [4.78, 5) is 13.4. The summed E-state index contributed by atoms with van der Waals surface area (Å²) in [6, 6.07) is 0.268. The van der Waals surface area contributed by atoms with Gasteiger partial charge in [0.05, 0.1) is 6.67 Å². The maximum absolute atomic E-state index is 11.6. The molecule has 0 fully saturated rings. The van der Waals surface area contributed by atoms with Crippen molar-refractivity contribution in [3.8, 4) is 0 Å². The molecule has 3 nitrogen and oxygen atoms in total. The predicted molar refractivity (Wildman–Crippen MR) is 52.9 cm³/mol. The molecule has 0 unspecified atom stereocenters. The second kappa shape index (κ2) is 3.81. The van der Waals surface area contributed by atoms with E-state index in [9.17, 15) is 4.79 Å². The summed E-state index contributed by atoms with van der Waals surface area (Å²) in [5.74, 6) is 0.524. The second-order valence-corrected chi connectivity index (χ2v) is 3.99.